The highest BCUT2D eigenvalue weighted by molar-refractivity contribution is 5.80. The Kier molecular flexibility index (Phi) is 34.6. The Hall–Kier alpha value is -0.950. The molecule has 0 saturated heterocycles. The quantitative estimate of drug-likeness (QED) is 0.0342. The lowest BCUT2D eigenvalue weighted by molar-refractivity contribution is -0.132. The first-order chi connectivity index (χ1) is 22.5. The fourth-order valence-corrected chi connectivity index (χ4v) is 6.21. The van der Waals surface area contributed by atoms with E-state index in [2.05, 4.69) is 31.3 Å². The van der Waals surface area contributed by atoms with Crippen LogP contribution in [0, 0.1) is 0 Å². The number of unbranched alkanes of at least 4 members (excludes halogenated alkanes) is 25. The third-order valence-corrected chi connectivity index (χ3v) is 9.48. The highest BCUT2D eigenvalue weighted by Gasteiger charge is 2.28. The molecule has 1 amide bonds. The molecule has 0 aliphatic carbocycles. The van der Waals surface area contributed by atoms with Crippen LogP contribution >= 0.6 is 0 Å². The molecule has 274 valence electrons. The first kappa shape index (κ1) is 45.0. The van der Waals surface area contributed by atoms with E-state index in [0.29, 0.717) is 12.8 Å². The van der Waals surface area contributed by atoms with Crippen LogP contribution in [0.5, 0.6) is 0 Å². The molecule has 0 fully saturated rings. The first-order valence-corrected chi connectivity index (χ1v) is 20.1. The average molecular weight is 654 g/mol. The van der Waals surface area contributed by atoms with E-state index < -0.39 is 36.9 Å². The van der Waals surface area contributed by atoms with Crippen LogP contribution in [-0.4, -0.2) is 57.3 Å². The monoisotopic (exact) mass is 654 g/mol. The standard InChI is InChI=1S/C40H79NO5/c1-3-5-7-9-11-13-15-17-19-21-23-25-27-29-31-33-37(43)39(45)36(35-42)41-40(46)38(44)34-32-30-28-26-24-22-20-18-16-14-12-10-8-6-4-2/h9,11,36-39,42-45H,3-8,10,12-35H2,1-2H3,(H,41,46)/b11-9+/t36-,37+,38+,39-/m0/s1. The van der Waals surface area contributed by atoms with Crippen molar-refractivity contribution >= 4 is 5.91 Å². The Morgan fingerprint density at radius 1 is 0.522 bits per heavy atom. The second-order valence-electron chi connectivity index (χ2n) is 14.0. The molecule has 0 saturated carbocycles. The molecule has 46 heavy (non-hydrogen) atoms. The summed E-state index contributed by atoms with van der Waals surface area (Å²) in [6, 6.07) is -0.981. The fraction of sp³-hybridized carbons (Fsp3) is 0.925. The van der Waals surface area contributed by atoms with Gasteiger partial charge in [0.15, 0.2) is 0 Å². The lowest BCUT2D eigenvalue weighted by Crippen LogP contribution is -2.53. The van der Waals surface area contributed by atoms with E-state index in [1.165, 1.54) is 141 Å². The molecule has 0 radical (unpaired) electrons. The van der Waals surface area contributed by atoms with Crippen molar-refractivity contribution in [2.45, 2.75) is 231 Å². The van der Waals surface area contributed by atoms with E-state index in [-0.39, 0.29) is 0 Å². The second kappa shape index (κ2) is 35.4. The number of amides is 1. The van der Waals surface area contributed by atoms with Crippen molar-refractivity contribution in [1.29, 1.82) is 0 Å². The summed E-state index contributed by atoms with van der Waals surface area (Å²) >= 11 is 0. The van der Waals surface area contributed by atoms with Crippen molar-refractivity contribution < 1.29 is 25.2 Å². The third-order valence-electron chi connectivity index (χ3n) is 9.48. The summed E-state index contributed by atoms with van der Waals surface area (Å²) in [5.41, 5.74) is 0. The number of carbonyl (C=O) groups excluding carboxylic acids is 1. The number of aliphatic hydroxyl groups is 4. The van der Waals surface area contributed by atoms with Gasteiger partial charge in [-0.1, -0.05) is 187 Å². The number of allylic oxidation sites excluding steroid dienone is 2. The molecule has 0 bridgehead atoms. The summed E-state index contributed by atoms with van der Waals surface area (Å²) in [5.74, 6) is -0.584. The average Bonchev–Trinajstić information content (AvgIpc) is 3.06. The van der Waals surface area contributed by atoms with E-state index >= 15 is 0 Å². The van der Waals surface area contributed by atoms with Gasteiger partial charge < -0.3 is 25.7 Å². The van der Waals surface area contributed by atoms with E-state index in [9.17, 15) is 25.2 Å². The van der Waals surface area contributed by atoms with Gasteiger partial charge in [0, 0.05) is 0 Å². The number of aliphatic hydroxyl groups excluding tert-OH is 4. The maximum absolute atomic E-state index is 12.5. The molecule has 6 nitrogen and oxygen atoms in total. The first-order valence-electron chi connectivity index (χ1n) is 20.1. The van der Waals surface area contributed by atoms with Crippen molar-refractivity contribution in [2.75, 3.05) is 6.61 Å². The third kappa shape index (κ3) is 29.2. The normalized spacial score (nSPS) is 14.5. The van der Waals surface area contributed by atoms with Crippen LogP contribution in [-0.2, 0) is 4.79 Å². The van der Waals surface area contributed by atoms with Gasteiger partial charge in [0.25, 0.3) is 0 Å². The Morgan fingerprint density at radius 3 is 1.33 bits per heavy atom. The molecular weight excluding hydrogens is 574 g/mol. The lowest BCUT2D eigenvalue weighted by Gasteiger charge is -2.27. The van der Waals surface area contributed by atoms with Crippen molar-refractivity contribution in [3.63, 3.8) is 0 Å². The summed E-state index contributed by atoms with van der Waals surface area (Å²) in [4.78, 5) is 12.5. The van der Waals surface area contributed by atoms with Gasteiger partial charge in [-0.3, -0.25) is 4.79 Å². The Labute approximate surface area is 285 Å². The largest absolute Gasteiger partial charge is 0.394 e. The molecule has 0 heterocycles. The lowest BCUT2D eigenvalue weighted by atomic mass is 9.99. The van der Waals surface area contributed by atoms with Gasteiger partial charge in [-0.05, 0) is 32.1 Å². The zero-order valence-electron chi connectivity index (χ0n) is 30.6. The molecule has 0 aromatic heterocycles. The van der Waals surface area contributed by atoms with Crippen molar-refractivity contribution in [3.8, 4) is 0 Å². The maximum Gasteiger partial charge on any atom is 0.249 e. The van der Waals surface area contributed by atoms with E-state index in [1.807, 2.05) is 0 Å². The SMILES string of the molecule is CCCC/C=C/CCCCCCCCCCC[C@@H](O)[C@@H](O)[C@H](CO)NC(=O)[C@H](O)CCCCCCCCCCCCCCCCC. The predicted octanol–water partition coefficient (Wildman–Crippen LogP) is 9.85. The second-order valence-corrected chi connectivity index (χ2v) is 14.0. The minimum absolute atomic E-state index is 0.372. The van der Waals surface area contributed by atoms with E-state index in [4.69, 9.17) is 0 Å². The van der Waals surface area contributed by atoms with Gasteiger partial charge in [0.1, 0.15) is 12.2 Å². The number of rotatable bonds is 36. The maximum atomic E-state index is 12.5. The van der Waals surface area contributed by atoms with Gasteiger partial charge in [-0.2, -0.15) is 0 Å². The molecule has 5 N–H and O–H groups in total. The number of carbonyl (C=O) groups is 1. The van der Waals surface area contributed by atoms with Crippen LogP contribution in [0.15, 0.2) is 12.2 Å². The zero-order chi connectivity index (χ0) is 33.9. The highest BCUT2D eigenvalue weighted by atomic mass is 16.3. The van der Waals surface area contributed by atoms with Crippen molar-refractivity contribution in [2.24, 2.45) is 0 Å². The summed E-state index contributed by atoms with van der Waals surface area (Å²) in [6.07, 6.45) is 36.5. The molecule has 0 spiro atoms. The minimum Gasteiger partial charge on any atom is -0.394 e. The highest BCUT2D eigenvalue weighted by Crippen LogP contribution is 2.16. The molecule has 0 aliphatic rings. The Morgan fingerprint density at radius 2 is 0.891 bits per heavy atom. The molecular formula is C40H79NO5. The zero-order valence-corrected chi connectivity index (χ0v) is 30.6. The molecule has 4 atom stereocenters. The Balaban J connectivity index is 3.77. The molecule has 0 rings (SSSR count). The van der Waals surface area contributed by atoms with E-state index in [0.717, 1.165) is 38.5 Å². The molecule has 6 heteroatoms. The van der Waals surface area contributed by atoms with Gasteiger partial charge in [-0.25, -0.2) is 0 Å². The fourth-order valence-electron chi connectivity index (χ4n) is 6.21. The molecule has 0 aromatic rings. The summed E-state index contributed by atoms with van der Waals surface area (Å²) in [7, 11) is 0. The van der Waals surface area contributed by atoms with Crippen LogP contribution in [0.4, 0.5) is 0 Å². The number of hydrogen-bond acceptors (Lipinski definition) is 5. The van der Waals surface area contributed by atoms with Crippen LogP contribution < -0.4 is 5.32 Å². The minimum atomic E-state index is -1.26. The van der Waals surface area contributed by atoms with Gasteiger partial charge in [-0.15, -0.1) is 0 Å². The summed E-state index contributed by atoms with van der Waals surface area (Å²) < 4.78 is 0. The summed E-state index contributed by atoms with van der Waals surface area (Å²) in [6.45, 7) is 4.01. The summed E-state index contributed by atoms with van der Waals surface area (Å²) in [5, 5.41) is 43.6. The molecule has 0 aromatic carbocycles. The van der Waals surface area contributed by atoms with E-state index in [1.54, 1.807) is 0 Å². The van der Waals surface area contributed by atoms with Gasteiger partial charge in [0.2, 0.25) is 5.91 Å². The number of nitrogens with one attached hydrogen (secondary N) is 1. The van der Waals surface area contributed by atoms with Gasteiger partial charge >= 0.3 is 0 Å². The molecule has 0 aliphatic heterocycles. The van der Waals surface area contributed by atoms with Crippen molar-refractivity contribution in [3.05, 3.63) is 12.2 Å². The van der Waals surface area contributed by atoms with Crippen LogP contribution in [0.3, 0.4) is 0 Å². The Bertz CT molecular complexity index is 658. The topological polar surface area (TPSA) is 110 Å². The number of hydrogen-bond donors (Lipinski definition) is 5. The predicted molar refractivity (Wildman–Crippen MR) is 196 cm³/mol. The van der Waals surface area contributed by atoms with Crippen LogP contribution in [0.25, 0.3) is 0 Å². The molecule has 0 unspecified atom stereocenters. The van der Waals surface area contributed by atoms with Crippen molar-refractivity contribution in [1.82, 2.24) is 5.32 Å². The van der Waals surface area contributed by atoms with Crippen LogP contribution in [0.1, 0.15) is 206 Å². The van der Waals surface area contributed by atoms with Crippen LogP contribution in [0.2, 0.25) is 0 Å². The van der Waals surface area contributed by atoms with Gasteiger partial charge in [0.05, 0.1) is 18.8 Å². The smallest absolute Gasteiger partial charge is 0.249 e.